The predicted octanol–water partition coefficient (Wildman–Crippen LogP) is 3.66. The zero-order valence-electron chi connectivity index (χ0n) is 15.1. The van der Waals surface area contributed by atoms with Crippen molar-refractivity contribution in [3.05, 3.63) is 69.8 Å². The van der Waals surface area contributed by atoms with Crippen molar-refractivity contribution in [3.8, 4) is 0 Å². The van der Waals surface area contributed by atoms with E-state index in [0.717, 1.165) is 49.2 Å². The highest BCUT2D eigenvalue weighted by Gasteiger charge is 2.19. The van der Waals surface area contributed by atoms with Gasteiger partial charge in [0.2, 0.25) is 0 Å². The van der Waals surface area contributed by atoms with E-state index in [2.05, 4.69) is 10.2 Å². The number of hydrogen-bond acceptors (Lipinski definition) is 5. The van der Waals surface area contributed by atoms with Gasteiger partial charge in [-0.3, -0.25) is 10.1 Å². The maximum Gasteiger partial charge on any atom is 0.407 e. The minimum Gasteiger partial charge on any atom is -0.445 e. The third kappa shape index (κ3) is 5.20. The molecule has 1 N–H and O–H groups in total. The molecule has 0 fully saturated rings. The number of benzene rings is 2. The van der Waals surface area contributed by atoms with Crippen LogP contribution in [-0.4, -0.2) is 30.7 Å². The molecule has 2 aromatic carbocycles. The first kappa shape index (κ1) is 18.7. The summed E-state index contributed by atoms with van der Waals surface area (Å²) < 4.78 is 5.18. The first-order chi connectivity index (χ1) is 13.1. The lowest BCUT2D eigenvalue weighted by Crippen LogP contribution is -2.33. The number of nitro groups is 1. The lowest BCUT2D eigenvalue weighted by atomic mass is 10.0. The zero-order chi connectivity index (χ0) is 19.1. The Hall–Kier alpha value is -3.09. The maximum absolute atomic E-state index is 11.8. The molecule has 2 aromatic rings. The van der Waals surface area contributed by atoms with Crippen molar-refractivity contribution in [1.82, 2.24) is 5.32 Å². The Morgan fingerprint density at radius 1 is 1.22 bits per heavy atom. The van der Waals surface area contributed by atoms with E-state index in [1.807, 2.05) is 36.4 Å². The topological polar surface area (TPSA) is 84.7 Å². The quantitative estimate of drug-likeness (QED) is 0.457. The molecule has 27 heavy (non-hydrogen) atoms. The van der Waals surface area contributed by atoms with Gasteiger partial charge in [0.25, 0.3) is 5.69 Å². The van der Waals surface area contributed by atoms with Crippen LogP contribution in [0.15, 0.2) is 48.5 Å². The third-order valence-corrected chi connectivity index (χ3v) is 4.58. The highest BCUT2D eigenvalue weighted by molar-refractivity contribution is 5.67. The van der Waals surface area contributed by atoms with E-state index in [0.29, 0.717) is 6.54 Å². The van der Waals surface area contributed by atoms with Crippen LogP contribution in [0.3, 0.4) is 0 Å². The summed E-state index contributed by atoms with van der Waals surface area (Å²) in [5.74, 6) is 0. The molecule has 0 atom stereocenters. The van der Waals surface area contributed by atoms with Gasteiger partial charge in [0.15, 0.2) is 0 Å². The molecule has 142 valence electrons. The fraction of sp³-hybridized carbons (Fsp3) is 0.350. The normalized spacial score (nSPS) is 13.0. The number of carbonyl (C=O) groups excluding carboxylic acids is 1. The van der Waals surface area contributed by atoms with Gasteiger partial charge in [0, 0.05) is 37.5 Å². The molecule has 0 spiro atoms. The number of ether oxygens (including phenoxy) is 1. The maximum atomic E-state index is 11.8. The van der Waals surface area contributed by atoms with E-state index in [1.54, 1.807) is 12.1 Å². The average Bonchev–Trinajstić information content (AvgIpc) is 2.70. The number of non-ortho nitro benzene ring substituents is 1. The van der Waals surface area contributed by atoms with Gasteiger partial charge in [0.05, 0.1) is 4.92 Å². The Balaban J connectivity index is 1.42. The number of amides is 1. The number of nitrogens with one attached hydrogen (secondary N) is 1. The molecular formula is C20H23N3O4. The van der Waals surface area contributed by atoms with E-state index in [4.69, 9.17) is 4.74 Å². The lowest BCUT2D eigenvalue weighted by Gasteiger charge is -2.31. The van der Waals surface area contributed by atoms with E-state index < -0.39 is 6.09 Å². The molecule has 3 rings (SSSR count). The van der Waals surface area contributed by atoms with Gasteiger partial charge in [-0.1, -0.05) is 30.3 Å². The summed E-state index contributed by atoms with van der Waals surface area (Å²) in [5, 5.41) is 13.7. The first-order valence-electron chi connectivity index (χ1n) is 9.10. The zero-order valence-corrected chi connectivity index (χ0v) is 15.1. The van der Waals surface area contributed by atoms with Crippen molar-refractivity contribution >= 4 is 17.5 Å². The molecule has 7 heteroatoms. The number of aryl methyl sites for hydroxylation is 1. The Bertz CT molecular complexity index is 795. The van der Waals surface area contributed by atoms with Gasteiger partial charge in [-0.2, -0.15) is 0 Å². The van der Waals surface area contributed by atoms with Gasteiger partial charge >= 0.3 is 6.09 Å². The minimum atomic E-state index is -0.423. The molecule has 0 radical (unpaired) electrons. The van der Waals surface area contributed by atoms with Crippen LogP contribution in [0.4, 0.5) is 16.2 Å². The van der Waals surface area contributed by atoms with E-state index >= 15 is 0 Å². The summed E-state index contributed by atoms with van der Waals surface area (Å²) >= 11 is 0. The highest BCUT2D eigenvalue weighted by atomic mass is 16.6. The number of anilines is 1. The molecule has 7 nitrogen and oxygen atoms in total. The number of alkyl carbamates (subject to hydrolysis) is 1. The molecule has 0 saturated carbocycles. The second kappa shape index (κ2) is 9.02. The smallest absolute Gasteiger partial charge is 0.407 e. The molecule has 0 aromatic heterocycles. The van der Waals surface area contributed by atoms with Crippen LogP contribution in [0, 0.1) is 10.1 Å². The molecule has 0 unspecified atom stereocenters. The molecule has 1 aliphatic heterocycles. The summed E-state index contributed by atoms with van der Waals surface area (Å²) in [4.78, 5) is 24.5. The summed E-state index contributed by atoms with van der Waals surface area (Å²) in [5.41, 5.74) is 3.16. The Labute approximate surface area is 158 Å². The van der Waals surface area contributed by atoms with Crippen molar-refractivity contribution in [1.29, 1.82) is 0 Å². The van der Waals surface area contributed by atoms with Crippen molar-refractivity contribution in [2.45, 2.75) is 25.9 Å². The monoisotopic (exact) mass is 369 g/mol. The highest BCUT2D eigenvalue weighted by Crippen LogP contribution is 2.30. The minimum absolute atomic E-state index is 0.137. The van der Waals surface area contributed by atoms with Crippen LogP contribution in [0.25, 0.3) is 0 Å². The molecule has 1 heterocycles. The average molecular weight is 369 g/mol. The van der Waals surface area contributed by atoms with Crippen molar-refractivity contribution in [2.75, 3.05) is 24.5 Å². The Morgan fingerprint density at radius 3 is 2.81 bits per heavy atom. The summed E-state index contributed by atoms with van der Waals surface area (Å²) in [6.45, 7) is 2.48. The molecule has 0 bridgehead atoms. The van der Waals surface area contributed by atoms with Gasteiger partial charge in [-0.05, 0) is 36.5 Å². The van der Waals surface area contributed by atoms with Crippen LogP contribution in [0.1, 0.15) is 24.0 Å². The van der Waals surface area contributed by atoms with Crippen molar-refractivity contribution in [2.24, 2.45) is 0 Å². The number of carbonyl (C=O) groups is 1. The second-order valence-electron chi connectivity index (χ2n) is 6.50. The third-order valence-electron chi connectivity index (χ3n) is 4.58. The number of fused-ring (bicyclic) bond motifs is 1. The fourth-order valence-electron chi connectivity index (χ4n) is 3.24. The van der Waals surface area contributed by atoms with E-state index in [9.17, 15) is 14.9 Å². The standard InChI is InChI=1S/C20H23N3O4/c24-20(27-15-16-6-2-1-3-7-16)21-11-5-13-22-12-4-8-17-14-18(23(25)26)9-10-19(17)22/h1-3,6-7,9-10,14H,4-5,8,11-13,15H2,(H,21,24). The SMILES string of the molecule is O=C(NCCCN1CCCc2cc([N+](=O)[O-])ccc21)OCc1ccccc1. The number of nitro benzene ring substituents is 1. The van der Waals surface area contributed by atoms with Crippen LogP contribution < -0.4 is 10.2 Å². The summed E-state index contributed by atoms with van der Waals surface area (Å²) in [6, 6.07) is 14.6. The van der Waals surface area contributed by atoms with Crippen LogP contribution in [-0.2, 0) is 17.8 Å². The van der Waals surface area contributed by atoms with Crippen molar-refractivity contribution in [3.63, 3.8) is 0 Å². The van der Waals surface area contributed by atoms with Gasteiger partial charge in [0.1, 0.15) is 6.61 Å². The molecule has 0 saturated heterocycles. The van der Waals surface area contributed by atoms with E-state index in [1.165, 1.54) is 0 Å². The number of nitrogens with zero attached hydrogens (tertiary/aromatic N) is 2. The summed E-state index contributed by atoms with van der Waals surface area (Å²) in [6.07, 6.45) is 2.18. The molecule has 1 amide bonds. The summed E-state index contributed by atoms with van der Waals surface area (Å²) in [7, 11) is 0. The van der Waals surface area contributed by atoms with Crippen LogP contribution >= 0.6 is 0 Å². The predicted molar refractivity (Wildman–Crippen MR) is 103 cm³/mol. The first-order valence-corrected chi connectivity index (χ1v) is 9.10. The molecule has 1 aliphatic rings. The lowest BCUT2D eigenvalue weighted by molar-refractivity contribution is -0.384. The second-order valence-corrected chi connectivity index (χ2v) is 6.50. The van der Waals surface area contributed by atoms with Gasteiger partial charge in [-0.25, -0.2) is 4.79 Å². The van der Waals surface area contributed by atoms with Crippen LogP contribution in [0.2, 0.25) is 0 Å². The Kier molecular flexibility index (Phi) is 6.25. The van der Waals surface area contributed by atoms with Crippen molar-refractivity contribution < 1.29 is 14.5 Å². The molecular weight excluding hydrogens is 346 g/mol. The number of hydrogen-bond donors (Lipinski definition) is 1. The van der Waals surface area contributed by atoms with Gasteiger partial charge in [-0.15, -0.1) is 0 Å². The molecule has 0 aliphatic carbocycles. The fourth-order valence-corrected chi connectivity index (χ4v) is 3.24. The van der Waals surface area contributed by atoms with E-state index in [-0.39, 0.29) is 17.2 Å². The Morgan fingerprint density at radius 2 is 2.04 bits per heavy atom. The van der Waals surface area contributed by atoms with Crippen LogP contribution in [0.5, 0.6) is 0 Å². The largest absolute Gasteiger partial charge is 0.445 e. The van der Waals surface area contributed by atoms with Gasteiger partial charge < -0.3 is 15.0 Å². The number of rotatable bonds is 7.